The van der Waals surface area contributed by atoms with E-state index in [2.05, 4.69) is 5.32 Å². The molecule has 0 saturated heterocycles. The predicted molar refractivity (Wildman–Crippen MR) is 73.4 cm³/mol. The summed E-state index contributed by atoms with van der Waals surface area (Å²) < 4.78 is 4.76. The van der Waals surface area contributed by atoms with Crippen molar-refractivity contribution in [1.82, 2.24) is 10.2 Å². The smallest absolute Gasteiger partial charge is 0.329 e. The Morgan fingerprint density at radius 2 is 1.75 bits per heavy atom. The van der Waals surface area contributed by atoms with Gasteiger partial charge in [0.05, 0.1) is 13.0 Å². The van der Waals surface area contributed by atoms with Crippen LogP contribution >= 0.6 is 0 Å². The minimum atomic E-state index is -1.27. The maximum atomic E-state index is 12.0. The summed E-state index contributed by atoms with van der Waals surface area (Å²) in [6.45, 7) is 5.58. The lowest BCUT2D eigenvalue weighted by Gasteiger charge is -2.30. The first kappa shape index (κ1) is 18.2. The molecule has 0 saturated carbocycles. The van der Waals surface area contributed by atoms with E-state index in [0.717, 1.165) is 0 Å². The van der Waals surface area contributed by atoms with Crippen LogP contribution < -0.4 is 5.32 Å². The zero-order chi connectivity index (χ0) is 15.8. The summed E-state index contributed by atoms with van der Waals surface area (Å²) in [5.41, 5.74) is -1.27. The number of carbonyl (C=O) groups is 3. The summed E-state index contributed by atoms with van der Waals surface area (Å²) in [5, 5.41) is 11.8. The molecule has 0 heterocycles. The Morgan fingerprint density at radius 3 is 2.15 bits per heavy atom. The highest BCUT2D eigenvalue weighted by molar-refractivity contribution is 5.86. The van der Waals surface area contributed by atoms with E-state index in [1.807, 2.05) is 0 Å². The van der Waals surface area contributed by atoms with Gasteiger partial charge in [-0.2, -0.15) is 0 Å². The van der Waals surface area contributed by atoms with Crippen LogP contribution in [0.5, 0.6) is 0 Å². The second-order valence-electron chi connectivity index (χ2n) is 4.50. The molecule has 0 aliphatic rings. The van der Waals surface area contributed by atoms with Crippen LogP contribution in [0.15, 0.2) is 0 Å². The van der Waals surface area contributed by atoms with Crippen molar-refractivity contribution >= 4 is 18.0 Å². The molecule has 0 radical (unpaired) electrons. The van der Waals surface area contributed by atoms with E-state index in [0.29, 0.717) is 6.61 Å². The Labute approximate surface area is 119 Å². The van der Waals surface area contributed by atoms with Crippen molar-refractivity contribution in [1.29, 1.82) is 0 Å². The summed E-state index contributed by atoms with van der Waals surface area (Å²) in [7, 11) is 1.51. The number of ether oxygens (including phenoxy) is 1. The summed E-state index contributed by atoms with van der Waals surface area (Å²) in [4.78, 5) is 35.7. The largest absolute Gasteiger partial charge is 0.480 e. The summed E-state index contributed by atoms with van der Waals surface area (Å²) in [6.07, 6.45) is 0.655. The number of carboxylic acid groups (broad SMARTS) is 1. The Bertz CT molecular complexity index is 353. The fourth-order valence-corrected chi connectivity index (χ4v) is 1.68. The van der Waals surface area contributed by atoms with Crippen LogP contribution in [0.25, 0.3) is 0 Å². The molecule has 2 N–H and O–H groups in total. The molecule has 2 amide bonds. The molecule has 0 spiro atoms. The molecule has 7 heteroatoms. The Kier molecular flexibility index (Phi) is 7.64. The number of aliphatic carboxylic acids is 1. The third-order valence-corrected chi connectivity index (χ3v) is 3.27. The molecule has 0 aromatic rings. The lowest BCUT2D eigenvalue weighted by Crippen LogP contribution is -2.56. The molecule has 20 heavy (non-hydrogen) atoms. The molecule has 116 valence electrons. The van der Waals surface area contributed by atoms with Crippen molar-refractivity contribution in [3.05, 3.63) is 0 Å². The highest BCUT2D eigenvalue weighted by Gasteiger charge is 2.37. The van der Waals surface area contributed by atoms with E-state index in [1.165, 1.54) is 11.9 Å². The molecule has 0 aliphatic heterocycles. The second kappa shape index (κ2) is 8.39. The van der Waals surface area contributed by atoms with Crippen LogP contribution in [0.2, 0.25) is 0 Å². The van der Waals surface area contributed by atoms with Gasteiger partial charge < -0.3 is 20.1 Å². The number of hydrogen-bond donors (Lipinski definition) is 2. The van der Waals surface area contributed by atoms with Crippen LogP contribution in [0.1, 0.15) is 40.0 Å². The fraction of sp³-hybridized carbons (Fsp3) is 0.769. The number of amides is 2. The number of nitrogens with zero attached hydrogens (tertiary/aromatic N) is 1. The maximum Gasteiger partial charge on any atom is 0.329 e. The molecule has 0 bridgehead atoms. The average molecular weight is 288 g/mol. The van der Waals surface area contributed by atoms with Gasteiger partial charge >= 0.3 is 18.0 Å². The van der Waals surface area contributed by atoms with Crippen molar-refractivity contribution in [2.45, 2.75) is 45.6 Å². The quantitative estimate of drug-likeness (QED) is 0.655. The molecule has 0 rings (SSSR count). The predicted octanol–water partition coefficient (Wildman–Crippen LogP) is 1.22. The van der Waals surface area contributed by atoms with Gasteiger partial charge in [0.15, 0.2) is 0 Å². The van der Waals surface area contributed by atoms with Crippen LogP contribution in [0.3, 0.4) is 0 Å². The number of urea groups is 1. The first-order chi connectivity index (χ1) is 9.32. The second-order valence-corrected chi connectivity index (χ2v) is 4.50. The van der Waals surface area contributed by atoms with Gasteiger partial charge in [-0.25, -0.2) is 9.59 Å². The van der Waals surface area contributed by atoms with E-state index in [9.17, 15) is 19.5 Å². The van der Waals surface area contributed by atoms with Gasteiger partial charge in [0.1, 0.15) is 5.54 Å². The van der Waals surface area contributed by atoms with Gasteiger partial charge in [-0.05, 0) is 19.8 Å². The van der Waals surface area contributed by atoms with Gasteiger partial charge in [0.2, 0.25) is 0 Å². The Morgan fingerprint density at radius 1 is 1.20 bits per heavy atom. The molecule has 0 aliphatic carbocycles. The van der Waals surface area contributed by atoms with Gasteiger partial charge in [-0.1, -0.05) is 13.8 Å². The SMILES string of the molecule is CCOC(=O)CCN(C)C(=O)NC(CC)(CC)C(=O)O. The number of rotatable bonds is 8. The maximum absolute atomic E-state index is 12.0. The van der Waals surface area contributed by atoms with E-state index in [1.54, 1.807) is 20.8 Å². The summed E-state index contributed by atoms with van der Waals surface area (Å²) in [6, 6.07) is -0.514. The van der Waals surface area contributed by atoms with Gasteiger partial charge in [-0.3, -0.25) is 4.79 Å². The van der Waals surface area contributed by atoms with Gasteiger partial charge in [0, 0.05) is 13.6 Å². The Balaban J connectivity index is 4.51. The normalized spacial score (nSPS) is 10.8. The minimum absolute atomic E-state index is 0.0794. The van der Waals surface area contributed by atoms with Crippen LogP contribution in [0, 0.1) is 0 Å². The zero-order valence-electron chi connectivity index (χ0n) is 12.6. The van der Waals surface area contributed by atoms with Crippen LogP contribution in [-0.2, 0) is 14.3 Å². The monoisotopic (exact) mass is 288 g/mol. The topological polar surface area (TPSA) is 95.9 Å². The number of hydrogen-bond acceptors (Lipinski definition) is 4. The molecule has 0 aromatic heterocycles. The zero-order valence-corrected chi connectivity index (χ0v) is 12.6. The lowest BCUT2D eigenvalue weighted by atomic mass is 9.93. The average Bonchev–Trinajstić information content (AvgIpc) is 2.41. The minimum Gasteiger partial charge on any atom is -0.480 e. The van der Waals surface area contributed by atoms with E-state index in [4.69, 9.17) is 4.74 Å². The van der Waals surface area contributed by atoms with E-state index < -0.39 is 17.5 Å². The van der Waals surface area contributed by atoms with Gasteiger partial charge in [0.25, 0.3) is 0 Å². The van der Waals surface area contributed by atoms with Crippen molar-refractivity contribution in [3.8, 4) is 0 Å². The molecule has 0 atom stereocenters. The van der Waals surface area contributed by atoms with Crippen LogP contribution in [0.4, 0.5) is 4.79 Å². The third kappa shape index (κ3) is 5.07. The first-order valence-corrected chi connectivity index (χ1v) is 6.75. The third-order valence-electron chi connectivity index (χ3n) is 3.27. The van der Waals surface area contributed by atoms with Crippen LogP contribution in [-0.4, -0.2) is 53.7 Å². The summed E-state index contributed by atoms with van der Waals surface area (Å²) >= 11 is 0. The molecule has 7 nitrogen and oxygen atoms in total. The number of carboxylic acids is 1. The number of esters is 1. The molecule has 0 fully saturated rings. The van der Waals surface area contributed by atoms with E-state index in [-0.39, 0.29) is 31.8 Å². The summed E-state index contributed by atoms with van der Waals surface area (Å²) in [5.74, 6) is -1.45. The van der Waals surface area contributed by atoms with Crippen molar-refractivity contribution in [3.63, 3.8) is 0 Å². The van der Waals surface area contributed by atoms with Crippen molar-refractivity contribution in [2.75, 3.05) is 20.2 Å². The highest BCUT2D eigenvalue weighted by Crippen LogP contribution is 2.15. The van der Waals surface area contributed by atoms with Crippen molar-refractivity contribution < 1.29 is 24.2 Å². The standard InChI is InChI=1S/C13H24N2O5/c1-5-13(6-2,11(17)18)14-12(19)15(4)9-8-10(16)20-7-3/h5-9H2,1-4H3,(H,14,19)(H,17,18). The molecular formula is C13H24N2O5. The molecular weight excluding hydrogens is 264 g/mol. The molecule has 0 aromatic carbocycles. The fourth-order valence-electron chi connectivity index (χ4n) is 1.68. The highest BCUT2D eigenvalue weighted by atomic mass is 16.5. The van der Waals surface area contributed by atoms with E-state index >= 15 is 0 Å². The van der Waals surface area contributed by atoms with Gasteiger partial charge in [-0.15, -0.1) is 0 Å². The number of nitrogens with one attached hydrogen (secondary N) is 1. The Hall–Kier alpha value is -1.79. The first-order valence-electron chi connectivity index (χ1n) is 6.75. The molecule has 0 unspecified atom stereocenters. The number of carbonyl (C=O) groups excluding carboxylic acids is 2. The van der Waals surface area contributed by atoms with Crippen molar-refractivity contribution in [2.24, 2.45) is 0 Å². The lowest BCUT2D eigenvalue weighted by molar-refractivity contribution is -0.145.